The van der Waals surface area contributed by atoms with Crippen molar-refractivity contribution >= 4 is 5.69 Å². The van der Waals surface area contributed by atoms with Crippen LogP contribution in [0.15, 0.2) is 18.3 Å². The number of hydrogen-bond acceptors (Lipinski definition) is 6. The van der Waals surface area contributed by atoms with Gasteiger partial charge in [0.05, 0.1) is 12.2 Å². The summed E-state index contributed by atoms with van der Waals surface area (Å²) in [6, 6.07) is 5.52. The van der Waals surface area contributed by atoms with Crippen molar-refractivity contribution in [1.29, 1.82) is 0 Å². The first-order valence-electron chi connectivity index (χ1n) is 12.0. The Bertz CT molecular complexity index is 706. The maximum atomic E-state index is 6.37. The fraction of sp³-hybridized carbons (Fsp3) is 0.792. The Kier molecular flexibility index (Phi) is 5.67. The van der Waals surface area contributed by atoms with Gasteiger partial charge in [0.2, 0.25) is 5.88 Å². The first-order chi connectivity index (χ1) is 14.5. The van der Waals surface area contributed by atoms with Crippen molar-refractivity contribution in [3.05, 3.63) is 18.3 Å². The molecule has 0 amide bonds. The molecule has 1 aliphatic carbocycles. The van der Waals surface area contributed by atoms with Crippen LogP contribution in [-0.4, -0.2) is 72.0 Å². The molecule has 0 spiro atoms. The zero-order valence-electron chi connectivity index (χ0n) is 18.8. The first-order valence-corrected chi connectivity index (χ1v) is 12.0. The molecule has 30 heavy (non-hydrogen) atoms. The number of anilines is 1. The van der Waals surface area contributed by atoms with E-state index in [1.165, 1.54) is 18.5 Å². The molecule has 1 saturated carbocycles. The number of piperazine rings is 1. The predicted octanol–water partition coefficient (Wildman–Crippen LogP) is 3.21. The van der Waals surface area contributed by atoms with Crippen LogP contribution in [0.25, 0.3) is 0 Å². The maximum Gasteiger partial charge on any atom is 0.215 e. The molecule has 6 nitrogen and oxygen atoms in total. The number of hydrogen-bond donors (Lipinski definition) is 1. The maximum absolute atomic E-state index is 6.37. The third-order valence-electron chi connectivity index (χ3n) is 7.51. The average molecular weight is 415 g/mol. The Hall–Kier alpha value is -1.37. The number of aromatic nitrogens is 1. The molecule has 0 radical (unpaired) electrons. The minimum Gasteiger partial charge on any atom is -0.474 e. The van der Waals surface area contributed by atoms with Crippen molar-refractivity contribution in [2.45, 2.75) is 95.2 Å². The van der Waals surface area contributed by atoms with Gasteiger partial charge in [-0.15, -0.1) is 0 Å². The molecule has 0 aromatic carbocycles. The van der Waals surface area contributed by atoms with E-state index in [9.17, 15) is 0 Å². The molecule has 2 unspecified atom stereocenters. The molecule has 2 bridgehead atoms. The monoisotopic (exact) mass is 414 g/mol. The van der Waals surface area contributed by atoms with Crippen molar-refractivity contribution in [2.24, 2.45) is 0 Å². The van der Waals surface area contributed by atoms with Crippen LogP contribution in [0.5, 0.6) is 5.88 Å². The highest BCUT2D eigenvalue weighted by atomic mass is 16.5. The van der Waals surface area contributed by atoms with E-state index >= 15 is 0 Å². The van der Waals surface area contributed by atoms with Crippen molar-refractivity contribution in [3.63, 3.8) is 0 Å². The molecule has 6 heteroatoms. The molecule has 1 aromatic rings. The summed E-state index contributed by atoms with van der Waals surface area (Å²) >= 11 is 0. The van der Waals surface area contributed by atoms with Crippen LogP contribution in [0.4, 0.5) is 5.69 Å². The largest absolute Gasteiger partial charge is 0.474 e. The normalized spacial score (nSPS) is 32.8. The highest BCUT2D eigenvalue weighted by Crippen LogP contribution is 2.35. The van der Waals surface area contributed by atoms with Crippen molar-refractivity contribution in [1.82, 2.24) is 15.2 Å². The summed E-state index contributed by atoms with van der Waals surface area (Å²) in [6.07, 6.45) is 9.76. The zero-order valence-corrected chi connectivity index (χ0v) is 18.8. The molecular weight excluding hydrogens is 376 g/mol. The summed E-state index contributed by atoms with van der Waals surface area (Å²) in [6.45, 7) is 11.4. The number of likely N-dealkylation sites (tertiary alicyclic amines) is 1. The third-order valence-corrected chi connectivity index (χ3v) is 7.51. The summed E-state index contributed by atoms with van der Waals surface area (Å²) in [5, 5.41) is 3.55. The van der Waals surface area contributed by atoms with Crippen LogP contribution < -0.4 is 15.0 Å². The molecule has 1 N–H and O–H groups in total. The molecule has 4 fully saturated rings. The van der Waals surface area contributed by atoms with E-state index in [2.05, 4.69) is 53.0 Å². The van der Waals surface area contributed by atoms with Crippen molar-refractivity contribution in [3.8, 4) is 5.88 Å². The van der Waals surface area contributed by atoms with Crippen molar-refractivity contribution in [2.75, 3.05) is 31.1 Å². The Morgan fingerprint density at radius 3 is 2.33 bits per heavy atom. The molecule has 3 saturated heterocycles. The van der Waals surface area contributed by atoms with E-state index in [0.29, 0.717) is 24.3 Å². The van der Waals surface area contributed by atoms with E-state index in [-0.39, 0.29) is 11.6 Å². The van der Waals surface area contributed by atoms with E-state index in [1.54, 1.807) is 0 Å². The minimum atomic E-state index is 0.243. The van der Waals surface area contributed by atoms with Gasteiger partial charge in [0, 0.05) is 74.6 Å². The predicted molar refractivity (Wildman–Crippen MR) is 119 cm³/mol. The van der Waals surface area contributed by atoms with Gasteiger partial charge in [0.1, 0.15) is 6.10 Å². The lowest BCUT2D eigenvalue weighted by atomic mass is 9.91. The molecule has 1 aromatic heterocycles. The number of fused-ring (bicyclic) bond motifs is 2. The zero-order chi connectivity index (χ0) is 20.7. The second-order valence-corrected chi connectivity index (χ2v) is 10.6. The van der Waals surface area contributed by atoms with Crippen LogP contribution in [0.1, 0.15) is 59.3 Å². The Morgan fingerprint density at radius 2 is 1.67 bits per heavy atom. The SMILES string of the molecule is CC(C)(C)N1CCC(OC2CC(Oc3cc(N4C5CCC4CNC5)ccn3)C2)CC1. The summed E-state index contributed by atoms with van der Waals surface area (Å²) in [4.78, 5) is 9.64. The first kappa shape index (κ1) is 20.5. The number of ether oxygens (including phenoxy) is 2. The van der Waals surface area contributed by atoms with E-state index < -0.39 is 0 Å². The lowest BCUT2D eigenvalue weighted by Gasteiger charge is -2.43. The summed E-state index contributed by atoms with van der Waals surface area (Å²) in [7, 11) is 0. The average Bonchev–Trinajstić information content (AvgIpc) is 2.95. The molecule has 5 rings (SSSR count). The Balaban J connectivity index is 1.08. The van der Waals surface area contributed by atoms with Crippen molar-refractivity contribution < 1.29 is 9.47 Å². The van der Waals surface area contributed by atoms with Gasteiger partial charge < -0.3 is 19.7 Å². The van der Waals surface area contributed by atoms with Crippen LogP contribution >= 0.6 is 0 Å². The lowest BCUT2D eigenvalue weighted by molar-refractivity contribution is -0.115. The molecular formula is C24H38N4O2. The molecule has 3 aliphatic heterocycles. The van der Waals surface area contributed by atoms with E-state index in [4.69, 9.17) is 9.47 Å². The second-order valence-electron chi connectivity index (χ2n) is 10.6. The highest BCUT2D eigenvalue weighted by molar-refractivity contribution is 5.52. The fourth-order valence-electron chi connectivity index (χ4n) is 5.65. The number of rotatable bonds is 5. The quantitative estimate of drug-likeness (QED) is 0.798. The van der Waals surface area contributed by atoms with Crippen LogP contribution in [0, 0.1) is 0 Å². The second kappa shape index (κ2) is 8.29. The van der Waals surface area contributed by atoms with Crippen LogP contribution in [0.3, 0.4) is 0 Å². The molecule has 2 atom stereocenters. The van der Waals surface area contributed by atoms with E-state index in [0.717, 1.165) is 57.7 Å². The number of piperidine rings is 1. The van der Waals surface area contributed by atoms with Gasteiger partial charge in [0.25, 0.3) is 0 Å². The number of nitrogens with zero attached hydrogens (tertiary/aromatic N) is 3. The number of pyridine rings is 1. The molecule has 4 heterocycles. The highest BCUT2D eigenvalue weighted by Gasteiger charge is 2.38. The van der Waals surface area contributed by atoms with Gasteiger partial charge in [-0.2, -0.15) is 0 Å². The van der Waals surface area contributed by atoms with Gasteiger partial charge in [-0.05, 0) is 52.5 Å². The lowest BCUT2D eigenvalue weighted by Crippen LogP contribution is -2.52. The van der Waals surface area contributed by atoms with Gasteiger partial charge in [-0.3, -0.25) is 4.90 Å². The number of nitrogens with one attached hydrogen (secondary N) is 1. The smallest absolute Gasteiger partial charge is 0.215 e. The summed E-state index contributed by atoms with van der Waals surface area (Å²) in [5.41, 5.74) is 1.54. The van der Waals surface area contributed by atoms with Gasteiger partial charge >= 0.3 is 0 Å². The van der Waals surface area contributed by atoms with Gasteiger partial charge in [0.15, 0.2) is 0 Å². The summed E-state index contributed by atoms with van der Waals surface area (Å²) in [5.74, 6) is 0.771. The minimum absolute atomic E-state index is 0.243. The molecule has 4 aliphatic rings. The van der Waals surface area contributed by atoms with Gasteiger partial charge in [-0.1, -0.05) is 0 Å². The fourth-order valence-corrected chi connectivity index (χ4v) is 5.65. The standard InChI is InChI=1S/C24H38N4O2/c1-24(2,3)27-10-7-20(8-11-27)29-21-13-22(14-21)30-23-12-17(6-9-26-23)28-18-4-5-19(28)16-25-15-18/h6,9,12,18-22,25H,4-5,7-8,10-11,13-16H2,1-3H3. The molecule has 166 valence electrons. The van der Waals surface area contributed by atoms with Crippen LogP contribution in [0.2, 0.25) is 0 Å². The topological polar surface area (TPSA) is 49.9 Å². The van der Waals surface area contributed by atoms with Crippen LogP contribution in [-0.2, 0) is 4.74 Å². The Labute approximate surface area is 181 Å². The van der Waals surface area contributed by atoms with Gasteiger partial charge in [-0.25, -0.2) is 4.98 Å². The Morgan fingerprint density at radius 1 is 0.967 bits per heavy atom. The third kappa shape index (κ3) is 4.32. The van der Waals surface area contributed by atoms with E-state index in [1.807, 2.05) is 6.20 Å². The summed E-state index contributed by atoms with van der Waals surface area (Å²) < 4.78 is 12.6.